The van der Waals surface area contributed by atoms with Gasteiger partial charge in [-0.15, -0.1) is 0 Å². The number of amides is 1. The van der Waals surface area contributed by atoms with Gasteiger partial charge in [-0.2, -0.15) is 0 Å². The molecular formula is C19H19N3O4. The number of carbonyl (C=O) groups excluding carboxylic acids is 1. The molecule has 7 heteroatoms. The number of H-pyrrole nitrogens is 1. The second-order valence-corrected chi connectivity index (χ2v) is 6.36. The molecule has 4 rings (SSSR count). The van der Waals surface area contributed by atoms with Gasteiger partial charge in [-0.1, -0.05) is 18.2 Å². The van der Waals surface area contributed by atoms with E-state index in [1.165, 1.54) is 6.07 Å². The number of nitrogens with zero attached hydrogens (tertiary/aromatic N) is 2. The highest BCUT2D eigenvalue weighted by Crippen LogP contribution is 2.27. The van der Waals surface area contributed by atoms with Gasteiger partial charge in [-0.3, -0.25) is 9.59 Å². The molecule has 0 aliphatic carbocycles. The molecule has 1 aromatic heterocycles. The van der Waals surface area contributed by atoms with E-state index in [1.807, 2.05) is 30.3 Å². The van der Waals surface area contributed by atoms with Crippen LogP contribution in [0.2, 0.25) is 0 Å². The zero-order valence-corrected chi connectivity index (χ0v) is 14.4. The van der Waals surface area contributed by atoms with Crippen LogP contribution in [0.5, 0.6) is 5.75 Å². The predicted molar refractivity (Wildman–Crippen MR) is 94.8 cm³/mol. The Balaban J connectivity index is 1.54. The van der Waals surface area contributed by atoms with E-state index in [0.717, 1.165) is 11.3 Å². The molecule has 1 atom stereocenters. The van der Waals surface area contributed by atoms with Crippen LogP contribution in [0.1, 0.15) is 23.2 Å². The molecule has 0 spiro atoms. The SMILES string of the molecule is Cc1nc([C@@H]2CN(C(=O)C3=Cc4ccccc4OC3)CCO2)cc(=O)[nH]1. The summed E-state index contributed by atoms with van der Waals surface area (Å²) in [5.41, 5.74) is 1.83. The van der Waals surface area contributed by atoms with Crippen LogP contribution in [0.3, 0.4) is 0 Å². The molecule has 0 saturated carbocycles. The number of rotatable bonds is 2. The molecule has 2 aliphatic heterocycles. The summed E-state index contributed by atoms with van der Waals surface area (Å²) in [6, 6.07) is 9.05. The number of hydrogen-bond donors (Lipinski definition) is 1. The van der Waals surface area contributed by atoms with Crippen molar-refractivity contribution in [3.05, 3.63) is 63.3 Å². The fraction of sp³-hybridized carbons (Fsp3) is 0.316. The fourth-order valence-electron chi connectivity index (χ4n) is 3.22. The molecule has 2 aliphatic rings. The number of benzene rings is 1. The number of para-hydroxylation sites is 1. The zero-order chi connectivity index (χ0) is 18.1. The summed E-state index contributed by atoms with van der Waals surface area (Å²) in [6.07, 6.45) is 1.47. The second kappa shape index (κ2) is 6.76. The monoisotopic (exact) mass is 353 g/mol. The van der Waals surface area contributed by atoms with Crippen LogP contribution >= 0.6 is 0 Å². The normalized spacial score (nSPS) is 19.3. The Bertz CT molecular complexity index is 934. The molecule has 26 heavy (non-hydrogen) atoms. The van der Waals surface area contributed by atoms with Crippen molar-refractivity contribution in [2.75, 3.05) is 26.3 Å². The molecule has 2 aromatic rings. The topological polar surface area (TPSA) is 84.5 Å². The number of carbonyl (C=O) groups is 1. The number of morpholine rings is 1. The first-order valence-corrected chi connectivity index (χ1v) is 8.51. The molecule has 1 N–H and O–H groups in total. The fourth-order valence-corrected chi connectivity index (χ4v) is 3.22. The van der Waals surface area contributed by atoms with E-state index < -0.39 is 6.10 Å². The third kappa shape index (κ3) is 3.25. The smallest absolute Gasteiger partial charge is 0.253 e. The third-order valence-corrected chi connectivity index (χ3v) is 4.47. The highest BCUT2D eigenvalue weighted by molar-refractivity contribution is 5.99. The molecule has 1 fully saturated rings. The van der Waals surface area contributed by atoms with Gasteiger partial charge in [-0.05, 0) is 19.1 Å². The summed E-state index contributed by atoms with van der Waals surface area (Å²) in [5, 5.41) is 0. The Kier molecular flexibility index (Phi) is 4.30. The largest absolute Gasteiger partial charge is 0.488 e. The molecule has 1 saturated heterocycles. The highest BCUT2D eigenvalue weighted by Gasteiger charge is 2.29. The van der Waals surface area contributed by atoms with Gasteiger partial charge >= 0.3 is 0 Å². The molecular weight excluding hydrogens is 334 g/mol. The molecule has 7 nitrogen and oxygen atoms in total. The summed E-state index contributed by atoms with van der Waals surface area (Å²) in [5.74, 6) is 1.24. The summed E-state index contributed by atoms with van der Waals surface area (Å²) in [6.45, 7) is 3.22. The number of ether oxygens (including phenoxy) is 2. The first-order chi connectivity index (χ1) is 12.6. The zero-order valence-electron chi connectivity index (χ0n) is 14.4. The summed E-state index contributed by atoms with van der Waals surface area (Å²) in [7, 11) is 0. The van der Waals surface area contributed by atoms with Crippen molar-refractivity contribution < 1.29 is 14.3 Å². The minimum atomic E-state index is -0.411. The van der Waals surface area contributed by atoms with Gasteiger partial charge in [0.15, 0.2) is 0 Å². The maximum absolute atomic E-state index is 12.9. The summed E-state index contributed by atoms with van der Waals surface area (Å²) >= 11 is 0. The number of fused-ring (bicyclic) bond motifs is 1. The van der Waals surface area contributed by atoms with Gasteiger partial charge in [0.05, 0.1) is 24.4 Å². The van der Waals surface area contributed by atoms with E-state index in [0.29, 0.717) is 36.8 Å². The maximum atomic E-state index is 12.9. The Morgan fingerprint density at radius 2 is 2.19 bits per heavy atom. The Morgan fingerprint density at radius 1 is 1.35 bits per heavy atom. The molecule has 0 radical (unpaired) electrons. The number of hydrogen-bond acceptors (Lipinski definition) is 5. The molecule has 0 bridgehead atoms. The van der Waals surface area contributed by atoms with Gasteiger partial charge in [0, 0.05) is 18.2 Å². The molecule has 3 heterocycles. The lowest BCUT2D eigenvalue weighted by Crippen LogP contribution is -2.44. The average Bonchev–Trinajstić information content (AvgIpc) is 2.66. The number of aromatic amines is 1. The van der Waals surface area contributed by atoms with Gasteiger partial charge < -0.3 is 19.4 Å². The molecule has 1 aromatic carbocycles. The van der Waals surface area contributed by atoms with Crippen molar-refractivity contribution in [3.8, 4) is 5.75 Å². The van der Waals surface area contributed by atoms with Gasteiger partial charge in [0.1, 0.15) is 24.3 Å². The van der Waals surface area contributed by atoms with Gasteiger partial charge in [0.2, 0.25) is 0 Å². The van der Waals surface area contributed by atoms with E-state index in [1.54, 1.807) is 11.8 Å². The van der Waals surface area contributed by atoms with Crippen molar-refractivity contribution in [3.63, 3.8) is 0 Å². The van der Waals surface area contributed by atoms with Crippen LogP contribution in [0.4, 0.5) is 0 Å². The molecule has 134 valence electrons. The highest BCUT2D eigenvalue weighted by atomic mass is 16.5. The average molecular weight is 353 g/mol. The van der Waals surface area contributed by atoms with Crippen molar-refractivity contribution in [1.82, 2.24) is 14.9 Å². The lowest BCUT2D eigenvalue weighted by atomic mass is 10.1. The summed E-state index contributed by atoms with van der Waals surface area (Å²) < 4.78 is 11.4. The lowest BCUT2D eigenvalue weighted by molar-refractivity contribution is -0.135. The predicted octanol–water partition coefficient (Wildman–Crippen LogP) is 1.45. The van der Waals surface area contributed by atoms with Crippen LogP contribution in [0, 0.1) is 6.92 Å². The number of aromatic nitrogens is 2. The standard InChI is InChI=1S/C19H19N3O4/c1-12-20-15(9-18(23)21-12)17-10-22(6-7-25-17)19(24)14-8-13-4-2-3-5-16(13)26-11-14/h2-5,8-9,17H,6-7,10-11H2,1H3,(H,20,21,23)/t17-/m0/s1. The van der Waals surface area contributed by atoms with Crippen LogP contribution < -0.4 is 10.3 Å². The molecule has 1 amide bonds. The quantitative estimate of drug-likeness (QED) is 0.883. The van der Waals surface area contributed by atoms with Crippen molar-refractivity contribution in [2.24, 2.45) is 0 Å². The van der Waals surface area contributed by atoms with Crippen molar-refractivity contribution in [1.29, 1.82) is 0 Å². The first kappa shape index (κ1) is 16.5. The van der Waals surface area contributed by atoms with E-state index in [9.17, 15) is 9.59 Å². The minimum absolute atomic E-state index is 0.0747. The third-order valence-electron chi connectivity index (χ3n) is 4.47. The Hall–Kier alpha value is -2.93. The van der Waals surface area contributed by atoms with Crippen LogP contribution in [-0.2, 0) is 9.53 Å². The lowest BCUT2D eigenvalue weighted by Gasteiger charge is -2.33. The minimum Gasteiger partial charge on any atom is -0.488 e. The summed E-state index contributed by atoms with van der Waals surface area (Å²) in [4.78, 5) is 33.3. The Morgan fingerprint density at radius 3 is 3.04 bits per heavy atom. The number of nitrogens with one attached hydrogen (secondary N) is 1. The Labute approximate surface area is 150 Å². The van der Waals surface area contributed by atoms with Gasteiger partial charge in [-0.25, -0.2) is 4.98 Å². The maximum Gasteiger partial charge on any atom is 0.253 e. The van der Waals surface area contributed by atoms with Crippen molar-refractivity contribution >= 4 is 12.0 Å². The van der Waals surface area contributed by atoms with E-state index in [2.05, 4.69) is 9.97 Å². The van der Waals surface area contributed by atoms with Crippen molar-refractivity contribution in [2.45, 2.75) is 13.0 Å². The molecule has 0 unspecified atom stereocenters. The second-order valence-electron chi connectivity index (χ2n) is 6.36. The van der Waals surface area contributed by atoms with Gasteiger partial charge in [0.25, 0.3) is 11.5 Å². The van der Waals surface area contributed by atoms with E-state index in [4.69, 9.17) is 9.47 Å². The van der Waals surface area contributed by atoms with E-state index in [-0.39, 0.29) is 18.1 Å². The van der Waals surface area contributed by atoms with Crippen LogP contribution in [0.15, 0.2) is 40.7 Å². The number of aryl methyl sites for hydroxylation is 1. The van der Waals surface area contributed by atoms with E-state index >= 15 is 0 Å². The van der Waals surface area contributed by atoms with Crippen LogP contribution in [0.25, 0.3) is 6.08 Å². The van der Waals surface area contributed by atoms with Crippen LogP contribution in [-0.4, -0.2) is 47.1 Å². The first-order valence-electron chi connectivity index (χ1n) is 8.51.